The predicted octanol–water partition coefficient (Wildman–Crippen LogP) is 1.95. The third-order valence-electron chi connectivity index (χ3n) is 2.65. The van der Waals surface area contributed by atoms with Crippen molar-refractivity contribution in [3.8, 4) is 0 Å². The molecule has 1 unspecified atom stereocenters. The molecule has 1 aromatic rings. The highest BCUT2D eigenvalue weighted by atomic mass is 79.9. The second-order valence-electron chi connectivity index (χ2n) is 4.57. The maximum absolute atomic E-state index is 12.2. The van der Waals surface area contributed by atoms with E-state index < -0.39 is 16.1 Å². The maximum atomic E-state index is 12.2. The Balaban J connectivity index is 2.87. The Morgan fingerprint density at radius 3 is 2.60 bits per heavy atom. The van der Waals surface area contributed by atoms with Crippen molar-refractivity contribution >= 4 is 31.9 Å². The van der Waals surface area contributed by atoms with Crippen LogP contribution in [0.2, 0.25) is 0 Å². The molecule has 0 aromatic heterocycles. The molecule has 0 aliphatic carbocycles. The van der Waals surface area contributed by atoms with Gasteiger partial charge in [0.2, 0.25) is 15.9 Å². The fourth-order valence-corrected chi connectivity index (χ4v) is 3.97. The third-order valence-corrected chi connectivity index (χ3v) is 5.17. The summed E-state index contributed by atoms with van der Waals surface area (Å²) in [6, 6.07) is 4.12. The highest BCUT2D eigenvalue weighted by Gasteiger charge is 2.23. The van der Waals surface area contributed by atoms with Gasteiger partial charge < -0.3 is 5.32 Å². The van der Waals surface area contributed by atoms with Gasteiger partial charge in [0, 0.05) is 11.0 Å². The molecule has 0 saturated heterocycles. The number of hydrogen-bond donors (Lipinski definition) is 2. The standard InChI is InChI=1S/C13H19BrN2O3S/c1-4-7-15-13(17)10(3)16-20(18,19)12-6-5-9(2)8-11(12)14/h5-6,8,10,16H,4,7H2,1-3H3,(H,15,17). The van der Waals surface area contributed by atoms with Crippen molar-refractivity contribution in [1.82, 2.24) is 10.0 Å². The number of rotatable bonds is 6. The number of halogens is 1. The molecule has 5 nitrogen and oxygen atoms in total. The molecule has 7 heteroatoms. The van der Waals surface area contributed by atoms with Crippen molar-refractivity contribution in [2.24, 2.45) is 0 Å². The number of amides is 1. The van der Waals surface area contributed by atoms with Crippen molar-refractivity contribution in [3.63, 3.8) is 0 Å². The van der Waals surface area contributed by atoms with Crippen molar-refractivity contribution < 1.29 is 13.2 Å². The fourth-order valence-electron chi connectivity index (χ4n) is 1.57. The quantitative estimate of drug-likeness (QED) is 0.811. The summed E-state index contributed by atoms with van der Waals surface area (Å²) in [4.78, 5) is 11.8. The van der Waals surface area contributed by atoms with Crippen molar-refractivity contribution in [1.29, 1.82) is 0 Å². The van der Waals surface area contributed by atoms with Gasteiger partial charge in [0.1, 0.15) is 0 Å². The molecule has 1 atom stereocenters. The fraction of sp³-hybridized carbons (Fsp3) is 0.462. The first-order valence-electron chi connectivity index (χ1n) is 6.34. The summed E-state index contributed by atoms with van der Waals surface area (Å²) < 4.78 is 27.3. The van der Waals surface area contributed by atoms with Crippen LogP contribution in [-0.2, 0) is 14.8 Å². The van der Waals surface area contributed by atoms with E-state index in [1.807, 2.05) is 13.8 Å². The van der Waals surface area contributed by atoms with Gasteiger partial charge in [-0.25, -0.2) is 8.42 Å². The van der Waals surface area contributed by atoms with Gasteiger partial charge >= 0.3 is 0 Å². The second kappa shape index (κ2) is 7.19. The van der Waals surface area contributed by atoms with Crippen LogP contribution in [-0.4, -0.2) is 26.9 Å². The van der Waals surface area contributed by atoms with Gasteiger partial charge in [0.15, 0.2) is 0 Å². The van der Waals surface area contributed by atoms with Crippen LogP contribution >= 0.6 is 15.9 Å². The number of aryl methyl sites for hydroxylation is 1. The first-order valence-corrected chi connectivity index (χ1v) is 8.61. The molecule has 0 bridgehead atoms. The SMILES string of the molecule is CCCNC(=O)C(C)NS(=O)(=O)c1ccc(C)cc1Br. The lowest BCUT2D eigenvalue weighted by Gasteiger charge is -2.15. The molecule has 2 N–H and O–H groups in total. The van der Waals surface area contributed by atoms with Crippen molar-refractivity contribution in [2.75, 3.05) is 6.54 Å². The normalized spacial score (nSPS) is 13.0. The van der Waals surface area contributed by atoms with Gasteiger partial charge in [-0.05, 0) is 53.9 Å². The van der Waals surface area contributed by atoms with Crippen LogP contribution in [0.3, 0.4) is 0 Å². The highest BCUT2D eigenvalue weighted by molar-refractivity contribution is 9.10. The molecule has 0 radical (unpaired) electrons. The maximum Gasteiger partial charge on any atom is 0.242 e. The van der Waals surface area contributed by atoms with Crippen LogP contribution in [0.5, 0.6) is 0 Å². The average molecular weight is 363 g/mol. The first kappa shape index (κ1) is 17.1. The van der Waals surface area contributed by atoms with Crippen LogP contribution < -0.4 is 10.0 Å². The van der Waals surface area contributed by atoms with Gasteiger partial charge in [0.25, 0.3) is 0 Å². The monoisotopic (exact) mass is 362 g/mol. The number of hydrogen-bond acceptors (Lipinski definition) is 3. The minimum atomic E-state index is -3.73. The molecule has 1 aromatic carbocycles. The second-order valence-corrected chi connectivity index (χ2v) is 7.10. The minimum absolute atomic E-state index is 0.123. The van der Waals surface area contributed by atoms with E-state index in [0.717, 1.165) is 12.0 Å². The zero-order valence-corrected chi connectivity index (χ0v) is 14.1. The number of carbonyl (C=O) groups excluding carboxylic acids is 1. The smallest absolute Gasteiger partial charge is 0.242 e. The topological polar surface area (TPSA) is 75.3 Å². The first-order chi connectivity index (χ1) is 9.27. The van der Waals surface area contributed by atoms with Crippen LogP contribution in [0.15, 0.2) is 27.6 Å². The summed E-state index contributed by atoms with van der Waals surface area (Å²) in [6.45, 7) is 5.84. The molecular formula is C13H19BrN2O3S. The summed E-state index contributed by atoms with van der Waals surface area (Å²) in [5, 5.41) is 2.65. The van der Waals surface area contributed by atoms with E-state index in [2.05, 4.69) is 26.0 Å². The molecule has 0 aliphatic rings. The summed E-state index contributed by atoms with van der Waals surface area (Å²) in [6.07, 6.45) is 0.800. The van der Waals surface area contributed by atoms with Crippen LogP contribution in [0.25, 0.3) is 0 Å². The van der Waals surface area contributed by atoms with Crippen LogP contribution in [0.1, 0.15) is 25.8 Å². The Kier molecular flexibility index (Phi) is 6.16. The summed E-state index contributed by atoms with van der Waals surface area (Å²) >= 11 is 3.23. The predicted molar refractivity (Wildman–Crippen MR) is 82.0 cm³/mol. The molecular weight excluding hydrogens is 344 g/mol. The molecule has 0 aliphatic heterocycles. The van der Waals surface area contributed by atoms with Gasteiger partial charge in [0.05, 0.1) is 10.9 Å². The Hall–Kier alpha value is -0.920. The Morgan fingerprint density at radius 1 is 1.40 bits per heavy atom. The molecule has 0 fully saturated rings. The van der Waals surface area contributed by atoms with E-state index in [0.29, 0.717) is 11.0 Å². The Bertz CT molecular complexity index is 587. The molecule has 20 heavy (non-hydrogen) atoms. The minimum Gasteiger partial charge on any atom is -0.355 e. The lowest BCUT2D eigenvalue weighted by atomic mass is 10.2. The summed E-state index contributed by atoms with van der Waals surface area (Å²) in [5.41, 5.74) is 0.949. The molecule has 1 amide bonds. The lowest BCUT2D eigenvalue weighted by Crippen LogP contribution is -2.44. The Labute approximate surface area is 128 Å². The van der Waals surface area contributed by atoms with Crippen LogP contribution in [0.4, 0.5) is 0 Å². The molecule has 0 heterocycles. The number of nitrogens with one attached hydrogen (secondary N) is 2. The largest absolute Gasteiger partial charge is 0.355 e. The van der Waals surface area contributed by atoms with Gasteiger partial charge in [-0.3, -0.25) is 4.79 Å². The number of sulfonamides is 1. The summed E-state index contributed by atoms with van der Waals surface area (Å²) in [5.74, 6) is -0.335. The zero-order chi connectivity index (χ0) is 15.3. The van der Waals surface area contributed by atoms with Gasteiger partial charge in [-0.1, -0.05) is 13.0 Å². The van der Waals surface area contributed by atoms with E-state index in [1.54, 1.807) is 12.1 Å². The van der Waals surface area contributed by atoms with E-state index in [-0.39, 0.29) is 10.8 Å². The Morgan fingerprint density at radius 2 is 2.05 bits per heavy atom. The molecule has 1 rings (SSSR count). The number of benzene rings is 1. The van der Waals surface area contributed by atoms with Crippen molar-refractivity contribution in [2.45, 2.75) is 38.1 Å². The average Bonchev–Trinajstić information content (AvgIpc) is 2.34. The molecule has 112 valence electrons. The van der Waals surface area contributed by atoms with Gasteiger partial charge in [-0.15, -0.1) is 0 Å². The molecule has 0 saturated carbocycles. The molecule has 0 spiro atoms. The highest BCUT2D eigenvalue weighted by Crippen LogP contribution is 2.23. The van der Waals surface area contributed by atoms with E-state index in [1.165, 1.54) is 13.0 Å². The number of carbonyl (C=O) groups is 1. The third kappa shape index (κ3) is 4.57. The lowest BCUT2D eigenvalue weighted by molar-refractivity contribution is -0.122. The van der Waals surface area contributed by atoms with E-state index >= 15 is 0 Å². The van der Waals surface area contributed by atoms with Crippen LogP contribution in [0, 0.1) is 6.92 Å². The summed E-state index contributed by atoms with van der Waals surface area (Å²) in [7, 11) is -3.73. The van der Waals surface area contributed by atoms with E-state index in [9.17, 15) is 13.2 Å². The van der Waals surface area contributed by atoms with Crippen molar-refractivity contribution in [3.05, 3.63) is 28.2 Å². The van der Waals surface area contributed by atoms with E-state index in [4.69, 9.17) is 0 Å². The van der Waals surface area contributed by atoms with Gasteiger partial charge in [-0.2, -0.15) is 4.72 Å². The zero-order valence-electron chi connectivity index (χ0n) is 11.7.